The Morgan fingerprint density at radius 1 is 0.521 bits per heavy atom. The summed E-state index contributed by atoms with van der Waals surface area (Å²) in [6.45, 7) is 0. The second-order valence-electron chi connectivity index (χ2n) is 12.2. The Hall–Kier alpha value is -5.72. The van der Waals surface area contributed by atoms with E-state index in [1.54, 1.807) is 17.4 Å². The third kappa shape index (κ3) is 3.90. The highest BCUT2D eigenvalue weighted by molar-refractivity contribution is 7.26. The second-order valence-corrected chi connectivity index (χ2v) is 13.3. The van der Waals surface area contributed by atoms with Crippen LogP contribution in [-0.2, 0) is 6.18 Å². The van der Waals surface area contributed by atoms with E-state index in [9.17, 15) is 13.2 Å². The highest BCUT2D eigenvalue weighted by Crippen LogP contribution is 2.44. The molecule has 0 atom stereocenters. The second kappa shape index (κ2) is 9.89. The van der Waals surface area contributed by atoms with Gasteiger partial charge in [-0.2, -0.15) is 13.2 Å². The Labute approximate surface area is 275 Å². The number of thiophene rings is 1. The van der Waals surface area contributed by atoms with Crippen molar-refractivity contribution in [3.8, 4) is 11.4 Å². The fourth-order valence-corrected chi connectivity index (χ4v) is 8.70. The van der Waals surface area contributed by atoms with Gasteiger partial charge in [-0.3, -0.25) is 4.40 Å². The number of alkyl halides is 3. The molecular weight excluding hydrogens is 622 g/mol. The van der Waals surface area contributed by atoms with Crippen molar-refractivity contribution in [2.75, 3.05) is 0 Å². The molecule has 48 heavy (non-hydrogen) atoms. The number of aromatic nitrogens is 2. The number of nitrogens with zero attached hydrogens (tertiary/aromatic N) is 2. The van der Waals surface area contributed by atoms with Gasteiger partial charge in [0.25, 0.3) is 0 Å². The summed E-state index contributed by atoms with van der Waals surface area (Å²) in [7, 11) is 0. The van der Waals surface area contributed by atoms with E-state index in [1.165, 1.54) is 16.8 Å². The van der Waals surface area contributed by atoms with Crippen molar-refractivity contribution in [1.29, 1.82) is 0 Å². The van der Waals surface area contributed by atoms with Gasteiger partial charge in [0, 0.05) is 36.5 Å². The molecule has 3 aromatic heterocycles. The maximum atomic E-state index is 13.6. The Bertz CT molecular complexity index is 3010. The molecule has 3 heterocycles. The molecule has 0 amide bonds. The van der Waals surface area contributed by atoms with E-state index in [0.29, 0.717) is 5.39 Å². The van der Waals surface area contributed by atoms with Crippen LogP contribution < -0.4 is 0 Å². The summed E-state index contributed by atoms with van der Waals surface area (Å²) in [6, 6.07) is 46.1. The first-order chi connectivity index (χ1) is 23.4. The number of hydrogen-bond acceptors (Lipinski definition) is 2. The predicted molar refractivity (Wildman–Crippen MR) is 195 cm³/mol. The lowest BCUT2D eigenvalue weighted by atomic mass is 10.0. The van der Waals surface area contributed by atoms with Crippen molar-refractivity contribution in [3.05, 3.63) is 145 Å². The van der Waals surface area contributed by atoms with E-state index in [-0.39, 0.29) is 0 Å². The lowest BCUT2D eigenvalue weighted by molar-refractivity contribution is -0.137. The largest absolute Gasteiger partial charge is 0.416 e. The summed E-state index contributed by atoms with van der Waals surface area (Å²) in [5, 5.41) is 10.3. The molecule has 0 saturated carbocycles. The van der Waals surface area contributed by atoms with Gasteiger partial charge < -0.3 is 0 Å². The van der Waals surface area contributed by atoms with E-state index in [4.69, 9.17) is 4.98 Å². The monoisotopic (exact) mass is 644 g/mol. The Morgan fingerprint density at radius 2 is 1.15 bits per heavy atom. The molecular formula is C42H23F3N2S. The average Bonchev–Trinajstić information content (AvgIpc) is 3.69. The highest BCUT2D eigenvalue weighted by atomic mass is 32.1. The van der Waals surface area contributed by atoms with Gasteiger partial charge in [-0.1, -0.05) is 97.1 Å². The van der Waals surface area contributed by atoms with Crippen LogP contribution in [0.4, 0.5) is 13.2 Å². The van der Waals surface area contributed by atoms with Crippen molar-refractivity contribution in [2.45, 2.75) is 6.18 Å². The number of fused-ring (bicyclic) bond motifs is 11. The molecule has 0 aliphatic rings. The Balaban J connectivity index is 1.39. The smallest absolute Gasteiger partial charge is 0.291 e. The van der Waals surface area contributed by atoms with Crippen LogP contribution in [0.15, 0.2) is 140 Å². The molecule has 0 N–H and O–H groups in total. The molecule has 0 aliphatic carbocycles. The lowest BCUT2D eigenvalue weighted by Gasteiger charge is -2.08. The summed E-state index contributed by atoms with van der Waals surface area (Å²) in [6.07, 6.45) is -4.40. The minimum atomic E-state index is -4.40. The molecule has 2 nitrogen and oxygen atoms in total. The first-order valence-electron chi connectivity index (χ1n) is 15.7. The number of imidazole rings is 1. The van der Waals surface area contributed by atoms with Crippen LogP contribution in [0.3, 0.4) is 0 Å². The molecule has 6 heteroatoms. The molecule has 0 aliphatic heterocycles. The maximum absolute atomic E-state index is 13.6. The summed E-state index contributed by atoms with van der Waals surface area (Å²) >= 11 is 1.60. The number of para-hydroxylation sites is 2. The van der Waals surface area contributed by atoms with Gasteiger partial charge in [0.05, 0.1) is 22.1 Å². The quantitative estimate of drug-likeness (QED) is 0.174. The first-order valence-corrected chi connectivity index (χ1v) is 16.5. The Kier molecular flexibility index (Phi) is 5.65. The summed E-state index contributed by atoms with van der Waals surface area (Å²) in [5.41, 5.74) is 3.29. The van der Waals surface area contributed by atoms with Gasteiger partial charge in [-0.05, 0) is 74.8 Å². The van der Waals surface area contributed by atoms with Crippen molar-refractivity contribution in [2.24, 2.45) is 0 Å². The standard InChI is InChI=1S/C42H23F3N2S/c43-42(44,45)26-20-19-24-22-35-33-15-7-16-34(40(33)48-38(35)23-25(24)21-26)41-46-36-17-8-14-32-30-12-4-2-10-28(30)27-9-1-3-11-29(27)31-13-5-6-18-37(31)47(41)39(32)36/h1-23H. The molecule has 10 rings (SSSR count). The van der Waals surface area contributed by atoms with Crippen molar-refractivity contribution < 1.29 is 13.2 Å². The Morgan fingerprint density at radius 3 is 1.90 bits per heavy atom. The summed E-state index contributed by atoms with van der Waals surface area (Å²) in [4.78, 5) is 5.35. The van der Waals surface area contributed by atoms with Crippen molar-refractivity contribution in [3.63, 3.8) is 0 Å². The molecule has 0 fully saturated rings. The molecule has 0 spiro atoms. The van der Waals surface area contributed by atoms with E-state index >= 15 is 0 Å². The molecule has 0 saturated heterocycles. The van der Waals surface area contributed by atoms with Gasteiger partial charge in [0.15, 0.2) is 0 Å². The molecule has 228 valence electrons. The van der Waals surface area contributed by atoms with Gasteiger partial charge >= 0.3 is 6.18 Å². The SMILES string of the molecule is FC(F)(F)c1ccc2cc3c(cc2c1)sc1c(-c2nc4cccc5c6ccccc6c6ccccc6c6ccccc6n2c45)cccc13. The fraction of sp³-hybridized carbons (Fsp3) is 0.0238. The fourth-order valence-electron chi connectivity index (χ4n) is 7.45. The minimum Gasteiger partial charge on any atom is -0.291 e. The van der Waals surface area contributed by atoms with Gasteiger partial charge in [0.1, 0.15) is 5.82 Å². The third-order valence-corrected chi connectivity index (χ3v) is 10.8. The van der Waals surface area contributed by atoms with Crippen LogP contribution in [0.25, 0.3) is 91.2 Å². The number of benzene rings is 7. The van der Waals surface area contributed by atoms with Crippen LogP contribution in [0.5, 0.6) is 0 Å². The summed E-state index contributed by atoms with van der Waals surface area (Å²) in [5.74, 6) is 0.822. The van der Waals surface area contributed by atoms with Gasteiger partial charge in [-0.25, -0.2) is 4.98 Å². The maximum Gasteiger partial charge on any atom is 0.416 e. The van der Waals surface area contributed by atoms with E-state index < -0.39 is 11.7 Å². The van der Waals surface area contributed by atoms with Crippen LogP contribution in [-0.4, -0.2) is 9.38 Å². The van der Waals surface area contributed by atoms with Crippen LogP contribution in [0, 0.1) is 0 Å². The molecule has 0 radical (unpaired) electrons. The zero-order valence-electron chi connectivity index (χ0n) is 25.2. The number of hydrogen-bond donors (Lipinski definition) is 0. The van der Waals surface area contributed by atoms with Crippen LogP contribution >= 0.6 is 11.3 Å². The van der Waals surface area contributed by atoms with Crippen LogP contribution in [0.1, 0.15) is 5.56 Å². The van der Waals surface area contributed by atoms with Crippen molar-refractivity contribution >= 4 is 91.1 Å². The highest BCUT2D eigenvalue weighted by Gasteiger charge is 2.30. The first kappa shape index (κ1) is 27.4. The van der Waals surface area contributed by atoms with Gasteiger partial charge in [-0.15, -0.1) is 11.3 Å². The number of halogens is 3. The third-order valence-electron chi connectivity index (χ3n) is 9.57. The van der Waals surface area contributed by atoms with E-state index in [0.717, 1.165) is 81.1 Å². The van der Waals surface area contributed by atoms with E-state index in [2.05, 4.69) is 114 Å². The van der Waals surface area contributed by atoms with Gasteiger partial charge in [0.2, 0.25) is 0 Å². The lowest BCUT2D eigenvalue weighted by Crippen LogP contribution is -2.04. The minimum absolute atomic E-state index is 0.576. The zero-order chi connectivity index (χ0) is 32.1. The summed E-state index contributed by atoms with van der Waals surface area (Å²) < 4.78 is 45.0. The van der Waals surface area contributed by atoms with E-state index in [1.807, 2.05) is 12.1 Å². The predicted octanol–water partition coefficient (Wildman–Crippen LogP) is 12.7. The van der Waals surface area contributed by atoms with Crippen LogP contribution in [0.2, 0.25) is 0 Å². The molecule has 0 unspecified atom stereocenters. The topological polar surface area (TPSA) is 17.3 Å². The molecule has 7 aromatic carbocycles. The van der Waals surface area contributed by atoms with Crippen molar-refractivity contribution in [1.82, 2.24) is 9.38 Å². The normalized spacial score (nSPS) is 12.5. The molecule has 0 bridgehead atoms. The number of rotatable bonds is 1. The molecule has 10 aromatic rings. The zero-order valence-corrected chi connectivity index (χ0v) is 26.0. The average molecular weight is 645 g/mol.